The van der Waals surface area contributed by atoms with Gasteiger partial charge in [-0.25, -0.2) is 0 Å². The zero-order chi connectivity index (χ0) is 25.3. The van der Waals surface area contributed by atoms with E-state index in [1.54, 1.807) is 35.4 Å². The minimum atomic E-state index is -2.60. The van der Waals surface area contributed by atoms with Gasteiger partial charge in [0.25, 0.3) is 5.91 Å². The third-order valence-corrected chi connectivity index (χ3v) is 5.45. The summed E-state index contributed by atoms with van der Waals surface area (Å²) in [6.45, 7) is 9.98. The molecule has 34 heavy (non-hydrogen) atoms. The second kappa shape index (κ2) is 12.7. The Hall–Kier alpha value is -3.48. The molecule has 0 unspecified atom stereocenters. The fourth-order valence-corrected chi connectivity index (χ4v) is 3.25. The number of benzene rings is 2. The number of carbonyl (C=O) groups excluding carboxylic acids is 1. The van der Waals surface area contributed by atoms with Crippen LogP contribution in [0.5, 0.6) is 0 Å². The van der Waals surface area contributed by atoms with Gasteiger partial charge in [-0.3, -0.25) is 9.79 Å². The largest absolute Gasteiger partial charge is 0.355 e. The molecule has 0 bridgehead atoms. The zero-order valence-electron chi connectivity index (χ0n) is 20.6. The van der Waals surface area contributed by atoms with Gasteiger partial charge in [-0.1, -0.05) is 32.1 Å². The molecule has 0 fully saturated rings. The molecule has 1 amide bonds. The SMILES string of the molecule is C=C(Nc1ccc(C(=O)N(C)CCCC)c(C)c1)C(C)=N/C=C(\C)c1ccc(NC(F)F)cc1. The van der Waals surface area contributed by atoms with E-state index in [2.05, 4.69) is 29.1 Å². The van der Waals surface area contributed by atoms with Gasteiger partial charge < -0.3 is 15.5 Å². The van der Waals surface area contributed by atoms with E-state index in [0.29, 0.717) is 22.7 Å². The Labute approximate surface area is 201 Å². The molecule has 2 aromatic carbocycles. The second-order valence-corrected chi connectivity index (χ2v) is 8.26. The Morgan fingerprint density at radius 1 is 1.15 bits per heavy atom. The van der Waals surface area contributed by atoms with Crippen LogP contribution in [-0.2, 0) is 0 Å². The average Bonchev–Trinajstić information content (AvgIpc) is 2.80. The highest BCUT2D eigenvalue weighted by Gasteiger charge is 2.14. The normalized spacial score (nSPS) is 12.0. The minimum Gasteiger partial charge on any atom is -0.355 e. The zero-order valence-corrected chi connectivity index (χ0v) is 20.6. The summed E-state index contributed by atoms with van der Waals surface area (Å²) in [6.07, 6.45) is 3.74. The lowest BCUT2D eigenvalue weighted by atomic mass is 10.1. The van der Waals surface area contributed by atoms with E-state index in [1.165, 1.54) is 0 Å². The molecule has 0 heterocycles. The van der Waals surface area contributed by atoms with Crippen LogP contribution >= 0.6 is 0 Å². The summed E-state index contributed by atoms with van der Waals surface area (Å²) in [5, 5.41) is 5.31. The number of rotatable bonds is 11. The Morgan fingerprint density at radius 2 is 1.79 bits per heavy atom. The van der Waals surface area contributed by atoms with Crippen LogP contribution in [0.3, 0.4) is 0 Å². The summed E-state index contributed by atoms with van der Waals surface area (Å²) < 4.78 is 24.8. The van der Waals surface area contributed by atoms with E-state index < -0.39 is 6.55 Å². The number of halogens is 2. The lowest BCUT2D eigenvalue weighted by Crippen LogP contribution is -2.28. The molecule has 0 aliphatic rings. The highest BCUT2D eigenvalue weighted by Crippen LogP contribution is 2.20. The third-order valence-electron chi connectivity index (χ3n) is 5.45. The molecule has 0 spiro atoms. The first-order chi connectivity index (χ1) is 16.1. The van der Waals surface area contributed by atoms with Crippen LogP contribution in [-0.4, -0.2) is 36.7 Å². The quantitative estimate of drug-likeness (QED) is 0.277. The van der Waals surface area contributed by atoms with Crippen LogP contribution in [0.1, 0.15) is 55.1 Å². The van der Waals surface area contributed by atoms with Crippen molar-refractivity contribution in [2.24, 2.45) is 4.99 Å². The van der Waals surface area contributed by atoms with Crippen molar-refractivity contribution < 1.29 is 13.6 Å². The predicted molar refractivity (Wildman–Crippen MR) is 139 cm³/mol. The van der Waals surface area contributed by atoms with Crippen LogP contribution in [0.4, 0.5) is 20.2 Å². The van der Waals surface area contributed by atoms with Crippen molar-refractivity contribution >= 4 is 28.6 Å². The van der Waals surface area contributed by atoms with Gasteiger partial charge in [0.2, 0.25) is 0 Å². The van der Waals surface area contributed by atoms with Gasteiger partial charge in [0.1, 0.15) is 0 Å². The maximum atomic E-state index is 12.7. The molecular formula is C27H34F2N4O. The summed E-state index contributed by atoms with van der Waals surface area (Å²) >= 11 is 0. The van der Waals surface area contributed by atoms with Gasteiger partial charge in [-0.2, -0.15) is 8.78 Å². The molecule has 0 atom stereocenters. The molecule has 0 aliphatic heterocycles. The number of nitrogens with zero attached hydrogens (tertiary/aromatic N) is 2. The number of carbonyl (C=O) groups is 1. The van der Waals surface area contributed by atoms with Crippen molar-refractivity contribution in [3.8, 4) is 0 Å². The first-order valence-corrected chi connectivity index (χ1v) is 11.3. The number of aliphatic imine (C=N–C) groups is 1. The Kier molecular flexibility index (Phi) is 9.98. The number of unbranched alkanes of at least 4 members (excludes halogenated alkanes) is 1. The van der Waals surface area contributed by atoms with Crippen LogP contribution in [0, 0.1) is 6.92 Å². The van der Waals surface area contributed by atoms with Gasteiger partial charge >= 0.3 is 6.55 Å². The van der Waals surface area contributed by atoms with E-state index in [4.69, 9.17) is 0 Å². The van der Waals surface area contributed by atoms with Crippen molar-refractivity contribution in [2.45, 2.75) is 47.1 Å². The number of nitrogens with one attached hydrogen (secondary N) is 2. The standard InChI is InChI=1S/C27H34F2N4O/c1-7-8-15-33(6)26(34)25-14-13-24(16-18(25)2)31-21(5)20(4)30-17-19(3)22-9-11-23(12-10-22)32-27(28)29/h9-14,16-17,27,31-32H,5,7-8,15H2,1-4,6H3/b19-17+,30-20?. The van der Waals surface area contributed by atoms with Gasteiger partial charge in [-0.15, -0.1) is 0 Å². The lowest BCUT2D eigenvalue weighted by Gasteiger charge is -2.19. The molecule has 0 aromatic heterocycles. The van der Waals surface area contributed by atoms with E-state index >= 15 is 0 Å². The monoisotopic (exact) mass is 468 g/mol. The summed E-state index contributed by atoms with van der Waals surface area (Å²) in [4.78, 5) is 18.9. The van der Waals surface area contributed by atoms with Gasteiger partial charge in [0.15, 0.2) is 0 Å². The van der Waals surface area contributed by atoms with Crippen molar-refractivity contribution in [3.63, 3.8) is 0 Å². The van der Waals surface area contributed by atoms with E-state index in [1.807, 2.05) is 46.0 Å². The number of hydrogen-bond donors (Lipinski definition) is 2. The predicted octanol–water partition coefficient (Wildman–Crippen LogP) is 6.95. The van der Waals surface area contributed by atoms with Gasteiger partial charge in [0.05, 0.1) is 11.4 Å². The fraction of sp³-hybridized carbons (Fsp3) is 0.333. The summed E-state index contributed by atoms with van der Waals surface area (Å²) in [7, 11) is 1.83. The van der Waals surface area contributed by atoms with Crippen LogP contribution < -0.4 is 10.6 Å². The summed E-state index contributed by atoms with van der Waals surface area (Å²) in [5.74, 6) is 0.0210. The first kappa shape index (κ1) is 26.8. The Bertz CT molecular complexity index is 1060. The Balaban J connectivity index is 2.04. The molecule has 2 aromatic rings. The third kappa shape index (κ3) is 7.83. The number of anilines is 2. The first-order valence-electron chi connectivity index (χ1n) is 11.3. The highest BCUT2D eigenvalue weighted by molar-refractivity contribution is 6.01. The maximum Gasteiger partial charge on any atom is 0.312 e. The Morgan fingerprint density at radius 3 is 2.38 bits per heavy atom. The smallest absolute Gasteiger partial charge is 0.312 e. The van der Waals surface area contributed by atoms with Crippen LogP contribution in [0.2, 0.25) is 0 Å². The van der Waals surface area contributed by atoms with Crippen molar-refractivity contribution in [3.05, 3.63) is 77.6 Å². The second-order valence-electron chi connectivity index (χ2n) is 8.26. The highest BCUT2D eigenvalue weighted by atomic mass is 19.3. The number of allylic oxidation sites excluding steroid dienone is 2. The minimum absolute atomic E-state index is 0.0210. The molecular weight excluding hydrogens is 434 g/mol. The van der Waals surface area contributed by atoms with Crippen molar-refractivity contribution in [1.29, 1.82) is 0 Å². The van der Waals surface area contributed by atoms with E-state index in [-0.39, 0.29) is 5.91 Å². The molecule has 5 nitrogen and oxygen atoms in total. The van der Waals surface area contributed by atoms with Gasteiger partial charge in [0, 0.05) is 36.7 Å². The molecule has 2 N–H and O–H groups in total. The summed E-state index contributed by atoms with van der Waals surface area (Å²) in [5.41, 5.74) is 5.88. The molecule has 2 rings (SSSR count). The average molecular weight is 469 g/mol. The lowest BCUT2D eigenvalue weighted by molar-refractivity contribution is 0.0792. The van der Waals surface area contributed by atoms with E-state index in [0.717, 1.165) is 41.8 Å². The molecule has 7 heteroatoms. The van der Waals surface area contributed by atoms with Crippen molar-refractivity contribution in [2.75, 3.05) is 24.2 Å². The van der Waals surface area contributed by atoms with Crippen LogP contribution in [0.25, 0.3) is 5.57 Å². The van der Waals surface area contributed by atoms with Gasteiger partial charge in [-0.05, 0) is 74.2 Å². The number of hydrogen-bond acceptors (Lipinski definition) is 4. The molecule has 0 saturated heterocycles. The van der Waals surface area contributed by atoms with Crippen LogP contribution in [0.15, 0.2) is 65.9 Å². The molecule has 0 saturated carbocycles. The molecule has 0 radical (unpaired) electrons. The number of aryl methyl sites for hydroxylation is 1. The summed E-state index contributed by atoms with van der Waals surface area (Å²) in [6, 6.07) is 12.4. The molecule has 0 aliphatic carbocycles. The topological polar surface area (TPSA) is 56.7 Å². The molecule has 182 valence electrons. The number of alkyl halides is 2. The van der Waals surface area contributed by atoms with Crippen molar-refractivity contribution in [1.82, 2.24) is 4.90 Å². The number of amides is 1. The maximum absolute atomic E-state index is 12.7. The van der Waals surface area contributed by atoms with E-state index in [9.17, 15) is 13.6 Å². The fourth-order valence-electron chi connectivity index (χ4n) is 3.25.